The van der Waals surface area contributed by atoms with Gasteiger partial charge in [0.25, 0.3) is 0 Å². The van der Waals surface area contributed by atoms with Gasteiger partial charge < -0.3 is 21.1 Å². The Kier molecular flexibility index (Phi) is 9.20. The third-order valence-corrected chi connectivity index (χ3v) is 1.69. The summed E-state index contributed by atoms with van der Waals surface area (Å²) in [4.78, 5) is 9.24. The highest BCUT2D eigenvalue weighted by Crippen LogP contribution is 2.03. The molecule has 5 nitrogen and oxygen atoms in total. The Hall–Kier alpha value is -2.53. The highest BCUT2D eigenvalue weighted by Gasteiger charge is 1.81. The van der Waals surface area contributed by atoms with Gasteiger partial charge in [0.15, 0.2) is 0 Å². The molecule has 19 heavy (non-hydrogen) atoms. The number of aliphatic carboxylic acids is 1. The number of benzene rings is 2. The zero-order valence-corrected chi connectivity index (χ0v) is 10.3. The lowest BCUT2D eigenvalue weighted by Gasteiger charge is -1.82. The number of rotatable bonds is 1. The van der Waals surface area contributed by atoms with Gasteiger partial charge in [-0.05, 0) is 24.3 Å². The third-order valence-electron chi connectivity index (χ3n) is 1.69. The van der Waals surface area contributed by atoms with E-state index in [2.05, 4.69) is 5.73 Å². The minimum atomic E-state index is -0.968. The van der Waals surface area contributed by atoms with E-state index in [9.17, 15) is 4.79 Å². The Morgan fingerprint density at radius 1 is 0.842 bits per heavy atom. The summed E-state index contributed by atoms with van der Waals surface area (Å²) in [5.74, 6) is -0.324. The molecular formula is C14H17NO4. The Morgan fingerprint density at radius 3 is 1.21 bits per heavy atom. The minimum Gasteiger partial charge on any atom is -0.508 e. The molecule has 0 radical (unpaired) electrons. The SMILES string of the molecule is NCC(=O)O.Oc1ccccc1.Oc1ccccc1. The molecule has 0 heterocycles. The van der Waals surface area contributed by atoms with Crippen molar-refractivity contribution in [1.82, 2.24) is 0 Å². The van der Waals surface area contributed by atoms with Crippen molar-refractivity contribution in [3.05, 3.63) is 60.7 Å². The molecule has 0 fully saturated rings. The van der Waals surface area contributed by atoms with Crippen molar-refractivity contribution in [2.75, 3.05) is 6.54 Å². The molecular weight excluding hydrogens is 246 g/mol. The molecule has 0 saturated carbocycles. The van der Waals surface area contributed by atoms with Crippen molar-refractivity contribution in [3.8, 4) is 11.5 Å². The summed E-state index contributed by atoms with van der Waals surface area (Å²) >= 11 is 0. The summed E-state index contributed by atoms with van der Waals surface area (Å²) in [6.07, 6.45) is 0. The molecule has 0 bridgehead atoms. The zero-order valence-electron chi connectivity index (χ0n) is 10.3. The van der Waals surface area contributed by atoms with Gasteiger partial charge in [-0.15, -0.1) is 0 Å². The van der Waals surface area contributed by atoms with Crippen LogP contribution in [0, 0.1) is 0 Å². The van der Waals surface area contributed by atoms with Gasteiger partial charge in [0.2, 0.25) is 0 Å². The quantitative estimate of drug-likeness (QED) is 0.628. The van der Waals surface area contributed by atoms with Crippen molar-refractivity contribution in [2.24, 2.45) is 5.73 Å². The second-order valence-electron chi connectivity index (χ2n) is 3.27. The zero-order chi connectivity index (χ0) is 14.5. The average molecular weight is 263 g/mol. The molecule has 2 aromatic carbocycles. The standard InChI is InChI=1S/2C6H6O.C2H5NO2/c2*7-6-4-2-1-3-5-6;3-1-2(4)5/h2*1-5,7H;1,3H2,(H,4,5). The van der Waals surface area contributed by atoms with Crippen LogP contribution in [0.1, 0.15) is 0 Å². The first-order valence-electron chi connectivity index (χ1n) is 5.46. The predicted octanol–water partition coefficient (Wildman–Crippen LogP) is 1.81. The Balaban J connectivity index is 0.000000261. The lowest BCUT2D eigenvalue weighted by molar-refractivity contribution is -0.135. The first kappa shape index (κ1) is 16.5. The maximum Gasteiger partial charge on any atom is 0.317 e. The van der Waals surface area contributed by atoms with E-state index in [0.717, 1.165) is 0 Å². The van der Waals surface area contributed by atoms with Gasteiger partial charge >= 0.3 is 5.97 Å². The van der Waals surface area contributed by atoms with Crippen molar-refractivity contribution in [2.45, 2.75) is 0 Å². The molecule has 2 aromatic rings. The highest BCUT2D eigenvalue weighted by atomic mass is 16.4. The molecule has 2 rings (SSSR count). The molecule has 0 saturated heterocycles. The summed E-state index contributed by atoms with van der Waals surface area (Å²) in [5.41, 5.74) is 4.57. The van der Waals surface area contributed by atoms with Gasteiger partial charge in [0.1, 0.15) is 11.5 Å². The Bertz CT molecular complexity index is 408. The van der Waals surface area contributed by atoms with E-state index < -0.39 is 5.97 Å². The van der Waals surface area contributed by atoms with Crippen LogP contribution in [0.4, 0.5) is 0 Å². The minimum absolute atomic E-state index is 0.278. The molecule has 5 N–H and O–H groups in total. The van der Waals surface area contributed by atoms with Crippen molar-refractivity contribution >= 4 is 5.97 Å². The summed E-state index contributed by atoms with van der Waals surface area (Å²) < 4.78 is 0. The van der Waals surface area contributed by atoms with Crippen LogP contribution < -0.4 is 5.73 Å². The molecule has 0 atom stereocenters. The smallest absolute Gasteiger partial charge is 0.317 e. The fourth-order valence-electron chi connectivity index (χ4n) is 0.856. The van der Waals surface area contributed by atoms with Crippen LogP contribution in [-0.4, -0.2) is 27.8 Å². The number of hydrogen-bond donors (Lipinski definition) is 4. The van der Waals surface area contributed by atoms with Crippen molar-refractivity contribution in [1.29, 1.82) is 0 Å². The number of carboxylic acid groups (broad SMARTS) is 1. The number of aromatic hydroxyl groups is 2. The van der Waals surface area contributed by atoms with Crippen LogP contribution in [0.25, 0.3) is 0 Å². The summed E-state index contributed by atoms with van der Waals surface area (Å²) in [7, 11) is 0. The fraction of sp³-hybridized carbons (Fsp3) is 0.0714. The largest absolute Gasteiger partial charge is 0.508 e. The highest BCUT2D eigenvalue weighted by molar-refractivity contribution is 5.68. The molecule has 102 valence electrons. The molecule has 5 heteroatoms. The van der Waals surface area contributed by atoms with Gasteiger partial charge in [-0.1, -0.05) is 36.4 Å². The first-order valence-corrected chi connectivity index (χ1v) is 5.46. The molecule has 0 aliphatic carbocycles. The van der Waals surface area contributed by atoms with Gasteiger partial charge in [-0.2, -0.15) is 0 Å². The summed E-state index contributed by atoms with van der Waals surface area (Å²) in [6.45, 7) is -0.278. The summed E-state index contributed by atoms with van der Waals surface area (Å²) in [6, 6.07) is 17.4. The number of para-hydroxylation sites is 2. The molecule has 0 aromatic heterocycles. The van der Waals surface area contributed by atoms with Gasteiger partial charge in [0.05, 0.1) is 6.54 Å². The molecule has 0 spiro atoms. The van der Waals surface area contributed by atoms with Gasteiger partial charge in [-0.25, -0.2) is 0 Å². The average Bonchev–Trinajstić information content (AvgIpc) is 2.42. The number of phenols is 2. The second-order valence-corrected chi connectivity index (χ2v) is 3.27. The van der Waals surface area contributed by atoms with E-state index in [1.54, 1.807) is 48.5 Å². The lowest BCUT2D eigenvalue weighted by Crippen LogP contribution is -2.10. The molecule has 0 aliphatic heterocycles. The van der Waals surface area contributed by atoms with Crippen LogP contribution in [0.3, 0.4) is 0 Å². The number of nitrogens with two attached hydrogens (primary N) is 1. The number of hydrogen-bond acceptors (Lipinski definition) is 4. The monoisotopic (exact) mass is 263 g/mol. The molecule has 0 amide bonds. The topological polar surface area (TPSA) is 104 Å². The lowest BCUT2D eigenvalue weighted by atomic mass is 10.3. The van der Waals surface area contributed by atoms with E-state index in [1.165, 1.54) is 0 Å². The Labute approximate surface area is 111 Å². The van der Waals surface area contributed by atoms with E-state index in [-0.39, 0.29) is 6.54 Å². The van der Waals surface area contributed by atoms with Crippen LogP contribution in [-0.2, 0) is 4.79 Å². The third kappa shape index (κ3) is 11.7. The summed E-state index contributed by atoms with van der Waals surface area (Å²) in [5, 5.41) is 24.9. The maximum absolute atomic E-state index is 9.24. The first-order chi connectivity index (χ1) is 9.06. The van der Waals surface area contributed by atoms with Crippen LogP contribution in [0.2, 0.25) is 0 Å². The second kappa shape index (κ2) is 10.6. The van der Waals surface area contributed by atoms with E-state index in [1.807, 2.05) is 12.1 Å². The van der Waals surface area contributed by atoms with E-state index in [0.29, 0.717) is 11.5 Å². The van der Waals surface area contributed by atoms with E-state index >= 15 is 0 Å². The maximum atomic E-state index is 9.24. The number of carboxylic acids is 1. The van der Waals surface area contributed by atoms with E-state index in [4.69, 9.17) is 15.3 Å². The molecule has 0 unspecified atom stereocenters. The number of phenolic OH excluding ortho intramolecular Hbond substituents is 2. The normalized spacial score (nSPS) is 8.26. The number of carbonyl (C=O) groups is 1. The van der Waals surface area contributed by atoms with Crippen molar-refractivity contribution < 1.29 is 20.1 Å². The van der Waals surface area contributed by atoms with Crippen molar-refractivity contribution in [3.63, 3.8) is 0 Å². The van der Waals surface area contributed by atoms with Crippen LogP contribution >= 0.6 is 0 Å². The van der Waals surface area contributed by atoms with Gasteiger partial charge in [-0.3, -0.25) is 4.79 Å². The van der Waals surface area contributed by atoms with Crippen LogP contribution in [0.5, 0.6) is 11.5 Å². The van der Waals surface area contributed by atoms with Gasteiger partial charge in [0, 0.05) is 0 Å². The predicted molar refractivity (Wildman–Crippen MR) is 72.9 cm³/mol. The fourth-order valence-corrected chi connectivity index (χ4v) is 0.856. The Morgan fingerprint density at radius 2 is 1.11 bits per heavy atom. The molecule has 0 aliphatic rings. The van der Waals surface area contributed by atoms with Crippen LogP contribution in [0.15, 0.2) is 60.7 Å².